The molecule has 82 valence electrons. The number of nitrogens with two attached hydrogens (primary N) is 1. The Balaban J connectivity index is 0. The van der Waals surface area contributed by atoms with E-state index in [-0.39, 0.29) is 23.6 Å². The first-order chi connectivity index (χ1) is 5.54. The van der Waals surface area contributed by atoms with Crippen molar-refractivity contribution in [1.29, 1.82) is 0 Å². The largest absolute Gasteiger partial charge is 0.394 e. The first-order valence-electron chi connectivity index (χ1n) is 3.57. The van der Waals surface area contributed by atoms with Crippen LogP contribution in [0.25, 0.3) is 0 Å². The summed E-state index contributed by atoms with van der Waals surface area (Å²) in [6.07, 6.45) is -5.91. The van der Waals surface area contributed by atoms with Gasteiger partial charge in [-0.3, -0.25) is 0 Å². The smallest absolute Gasteiger partial charge is 0.111 e. The van der Waals surface area contributed by atoms with Gasteiger partial charge in [-0.25, -0.2) is 0 Å². The molecule has 0 radical (unpaired) electrons. The second-order valence-corrected chi connectivity index (χ2v) is 2.53. The molecule has 0 unspecified atom stereocenters. The molecule has 0 heterocycles. The number of rotatable bonds is 5. The molecule has 7 N–H and O–H groups in total. The Hall–Kier alpha value is 0.279. The van der Waals surface area contributed by atoms with Crippen LogP contribution in [0.2, 0.25) is 0 Å². The standard InChI is InChI=1S/C6H15NO5.Fe/c7-1-3(9)5(11)6(12)4(10)2-8;/h3-6,8-12H,1-2,7H2;/t3-,4+,5+,6+;/m0./s1. The van der Waals surface area contributed by atoms with Crippen molar-refractivity contribution in [1.82, 2.24) is 0 Å². The van der Waals surface area contributed by atoms with Gasteiger partial charge in [0.15, 0.2) is 0 Å². The van der Waals surface area contributed by atoms with E-state index in [2.05, 4.69) is 0 Å². The summed E-state index contributed by atoms with van der Waals surface area (Å²) in [5.41, 5.74) is 4.99. The fraction of sp³-hybridized carbons (Fsp3) is 1.00. The van der Waals surface area contributed by atoms with Gasteiger partial charge in [-0.15, -0.1) is 0 Å². The Kier molecular flexibility index (Phi) is 9.28. The summed E-state index contributed by atoms with van der Waals surface area (Å²) in [6, 6.07) is 0. The summed E-state index contributed by atoms with van der Waals surface area (Å²) in [5, 5.41) is 44.2. The van der Waals surface area contributed by atoms with Crippen molar-refractivity contribution < 1.29 is 42.6 Å². The average molecular weight is 237 g/mol. The molecule has 0 aliphatic rings. The van der Waals surface area contributed by atoms with Crippen molar-refractivity contribution in [3.63, 3.8) is 0 Å². The topological polar surface area (TPSA) is 127 Å². The van der Waals surface area contributed by atoms with E-state index >= 15 is 0 Å². The molecule has 7 heteroatoms. The van der Waals surface area contributed by atoms with Gasteiger partial charge in [0.05, 0.1) is 12.7 Å². The Labute approximate surface area is 86.5 Å². The van der Waals surface area contributed by atoms with Crippen LogP contribution in [0.1, 0.15) is 0 Å². The van der Waals surface area contributed by atoms with E-state index < -0.39 is 31.0 Å². The Bertz CT molecular complexity index is 114. The summed E-state index contributed by atoms with van der Waals surface area (Å²) in [5.74, 6) is 0. The molecule has 0 aliphatic heterocycles. The fourth-order valence-electron chi connectivity index (χ4n) is 0.703. The summed E-state index contributed by atoms with van der Waals surface area (Å²) in [4.78, 5) is 0. The van der Waals surface area contributed by atoms with E-state index in [1.54, 1.807) is 0 Å². The zero-order valence-electron chi connectivity index (χ0n) is 6.89. The van der Waals surface area contributed by atoms with E-state index in [1.807, 2.05) is 0 Å². The molecule has 0 bridgehead atoms. The van der Waals surface area contributed by atoms with Crippen LogP contribution in [0.15, 0.2) is 0 Å². The van der Waals surface area contributed by atoms with Gasteiger partial charge >= 0.3 is 0 Å². The number of hydrogen-bond donors (Lipinski definition) is 6. The van der Waals surface area contributed by atoms with Gasteiger partial charge < -0.3 is 31.3 Å². The molecule has 0 spiro atoms. The van der Waals surface area contributed by atoms with Crippen LogP contribution in [0.3, 0.4) is 0 Å². The quantitative estimate of drug-likeness (QED) is 0.274. The molecule has 0 aromatic rings. The maximum atomic E-state index is 9.04. The Morgan fingerprint density at radius 3 is 1.62 bits per heavy atom. The second-order valence-electron chi connectivity index (χ2n) is 2.53. The van der Waals surface area contributed by atoms with Crippen LogP contribution in [-0.4, -0.2) is 63.1 Å². The fourth-order valence-corrected chi connectivity index (χ4v) is 0.703. The number of aliphatic hydroxyl groups is 5. The van der Waals surface area contributed by atoms with E-state index in [1.165, 1.54) is 0 Å². The molecule has 0 saturated carbocycles. The first-order valence-corrected chi connectivity index (χ1v) is 3.57. The maximum absolute atomic E-state index is 9.04. The van der Waals surface area contributed by atoms with E-state index in [4.69, 9.17) is 31.3 Å². The molecule has 0 aliphatic carbocycles. The summed E-state index contributed by atoms with van der Waals surface area (Å²) >= 11 is 0. The number of hydrogen-bond acceptors (Lipinski definition) is 6. The summed E-state index contributed by atoms with van der Waals surface area (Å²) in [7, 11) is 0. The van der Waals surface area contributed by atoms with Gasteiger partial charge in [-0.2, -0.15) is 0 Å². The van der Waals surface area contributed by atoms with Gasteiger partial charge in [0.2, 0.25) is 0 Å². The SMILES string of the molecule is NC[C@H](O)[C@@H](O)[C@H](O)[C@H](O)CO.[Fe]. The number of aliphatic hydroxyl groups excluding tert-OH is 5. The van der Waals surface area contributed by atoms with Crippen LogP contribution in [0.4, 0.5) is 0 Å². The van der Waals surface area contributed by atoms with Crippen molar-refractivity contribution in [2.45, 2.75) is 24.4 Å². The Morgan fingerprint density at radius 2 is 1.31 bits per heavy atom. The zero-order valence-corrected chi connectivity index (χ0v) is 7.99. The predicted molar refractivity (Wildman–Crippen MR) is 40.2 cm³/mol. The van der Waals surface area contributed by atoms with Crippen molar-refractivity contribution in [2.75, 3.05) is 13.2 Å². The molecule has 4 atom stereocenters. The van der Waals surface area contributed by atoms with E-state index in [9.17, 15) is 0 Å². The first kappa shape index (κ1) is 15.7. The third-order valence-electron chi connectivity index (χ3n) is 1.57. The van der Waals surface area contributed by atoms with Gasteiger partial charge in [0.25, 0.3) is 0 Å². The van der Waals surface area contributed by atoms with E-state index in [0.29, 0.717) is 0 Å². The third kappa shape index (κ3) is 4.90. The molecule has 0 fully saturated rings. The van der Waals surface area contributed by atoms with E-state index in [0.717, 1.165) is 0 Å². The minimum absolute atomic E-state index is 0. The van der Waals surface area contributed by atoms with Gasteiger partial charge in [-0.1, -0.05) is 0 Å². The van der Waals surface area contributed by atoms with Crippen LogP contribution >= 0.6 is 0 Å². The molecular formula is C6H15FeNO5. The third-order valence-corrected chi connectivity index (χ3v) is 1.57. The second kappa shape index (κ2) is 7.66. The molecular weight excluding hydrogens is 222 g/mol. The average Bonchev–Trinajstić information content (AvgIpc) is 2.12. The van der Waals surface area contributed by atoms with Crippen LogP contribution in [-0.2, 0) is 17.1 Å². The molecule has 13 heavy (non-hydrogen) atoms. The van der Waals surface area contributed by atoms with Crippen molar-refractivity contribution >= 4 is 0 Å². The molecule has 0 aromatic heterocycles. The normalized spacial score (nSPS) is 19.8. The zero-order chi connectivity index (χ0) is 9.72. The van der Waals surface area contributed by atoms with Crippen molar-refractivity contribution in [3.05, 3.63) is 0 Å². The molecule has 0 saturated heterocycles. The maximum Gasteiger partial charge on any atom is 0.111 e. The molecule has 0 amide bonds. The van der Waals surface area contributed by atoms with Crippen LogP contribution in [0.5, 0.6) is 0 Å². The molecule has 0 rings (SSSR count). The Morgan fingerprint density at radius 1 is 0.923 bits per heavy atom. The molecule has 6 nitrogen and oxygen atoms in total. The minimum Gasteiger partial charge on any atom is -0.394 e. The van der Waals surface area contributed by atoms with Crippen LogP contribution in [0, 0.1) is 0 Å². The monoisotopic (exact) mass is 237 g/mol. The summed E-state index contributed by atoms with van der Waals surface area (Å²) in [6.45, 7) is -0.911. The van der Waals surface area contributed by atoms with Gasteiger partial charge in [-0.05, 0) is 0 Å². The predicted octanol–water partition coefficient (Wildman–Crippen LogP) is -3.62. The summed E-state index contributed by atoms with van der Waals surface area (Å²) < 4.78 is 0. The van der Waals surface area contributed by atoms with Gasteiger partial charge in [0.1, 0.15) is 18.3 Å². The minimum atomic E-state index is -1.59. The van der Waals surface area contributed by atoms with Gasteiger partial charge in [0, 0.05) is 23.6 Å². The van der Waals surface area contributed by atoms with Crippen LogP contribution < -0.4 is 5.73 Å². The molecule has 0 aromatic carbocycles. The van der Waals surface area contributed by atoms with Crippen molar-refractivity contribution in [3.8, 4) is 0 Å². The van der Waals surface area contributed by atoms with Crippen molar-refractivity contribution in [2.24, 2.45) is 5.73 Å².